The van der Waals surface area contributed by atoms with E-state index in [1.165, 1.54) is 12.1 Å². The van der Waals surface area contributed by atoms with Crippen LogP contribution in [-0.2, 0) is 6.61 Å². The van der Waals surface area contributed by atoms with Crippen molar-refractivity contribution in [1.29, 1.82) is 0 Å². The van der Waals surface area contributed by atoms with Crippen LogP contribution in [0.15, 0.2) is 36.4 Å². The van der Waals surface area contributed by atoms with E-state index in [9.17, 15) is 13.2 Å². The van der Waals surface area contributed by atoms with Gasteiger partial charge in [0, 0.05) is 11.6 Å². The van der Waals surface area contributed by atoms with Gasteiger partial charge >= 0.3 is 0 Å². The molecule has 0 amide bonds. The maximum atomic E-state index is 13.4. The molecule has 0 fully saturated rings. The molecule has 1 N–H and O–H groups in total. The molecule has 2 aromatic rings. The van der Waals surface area contributed by atoms with Crippen LogP contribution in [0.25, 0.3) is 0 Å². The predicted octanol–water partition coefficient (Wildman–Crippen LogP) is 3.03. The third-order valence-corrected chi connectivity index (χ3v) is 2.56. The van der Waals surface area contributed by atoms with Crippen molar-refractivity contribution in [2.24, 2.45) is 0 Å². The third kappa shape index (κ3) is 4.26. The van der Waals surface area contributed by atoms with Gasteiger partial charge in [0.25, 0.3) is 0 Å². The summed E-state index contributed by atoms with van der Waals surface area (Å²) < 4.78 is 44.9. The smallest absolute Gasteiger partial charge is 0.165 e. The number of hydrogen-bond acceptors (Lipinski definition) is 2. The molecule has 0 aromatic heterocycles. The summed E-state index contributed by atoms with van der Waals surface area (Å²) in [5, 5.41) is 8.61. The van der Waals surface area contributed by atoms with Gasteiger partial charge in [0.2, 0.25) is 0 Å². The molecule has 0 unspecified atom stereocenters. The number of aliphatic hydroxyl groups excluding tert-OH is 1. The summed E-state index contributed by atoms with van der Waals surface area (Å²) in [6, 6.07) is 6.81. The Bertz CT molecular complexity index is 702. The van der Waals surface area contributed by atoms with Crippen molar-refractivity contribution in [2.75, 3.05) is 6.61 Å². The van der Waals surface area contributed by atoms with Crippen LogP contribution in [0.5, 0.6) is 5.75 Å². The zero-order valence-corrected chi connectivity index (χ0v) is 10.9. The molecule has 5 heteroatoms. The molecular weight excluding hydrogens is 281 g/mol. The van der Waals surface area contributed by atoms with E-state index in [-0.39, 0.29) is 19.0 Å². The summed E-state index contributed by atoms with van der Waals surface area (Å²) in [6.45, 7) is -0.469. The Hall–Kier alpha value is -2.45. The van der Waals surface area contributed by atoms with Crippen LogP contribution >= 0.6 is 0 Å². The predicted molar refractivity (Wildman–Crippen MR) is 71.1 cm³/mol. The van der Waals surface area contributed by atoms with E-state index in [1.807, 2.05) is 0 Å². The minimum absolute atomic E-state index is 0.133. The summed E-state index contributed by atoms with van der Waals surface area (Å²) in [4.78, 5) is 0. The fourth-order valence-corrected chi connectivity index (χ4v) is 1.70. The zero-order chi connectivity index (χ0) is 15.2. The van der Waals surface area contributed by atoms with E-state index in [2.05, 4.69) is 11.8 Å². The van der Waals surface area contributed by atoms with Crippen LogP contribution in [-0.4, -0.2) is 11.7 Å². The van der Waals surface area contributed by atoms with Gasteiger partial charge in [-0.1, -0.05) is 11.8 Å². The first-order valence-electron chi connectivity index (χ1n) is 6.05. The maximum Gasteiger partial charge on any atom is 0.165 e. The number of aliphatic hydroxyl groups is 1. The van der Waals surface area contributed by atoms with Crippen molar-refractivity contribution in [1.82, 2.24) is 0 Å². The second-order valence-electron chi connectivity index (χ2n) is 4.17. The quantitative estimate of drug-likeness (QED) is 0.881. The molecular formula is C16H11F3O2. The molecule has 21 heavy (non-hydrogen) atoms. The molecule has 0 aliphatic rings. The van der Waals surface area contributed by atoms with Crippen LogP contribution in [0.1, 0.15) is 11.1 Å². The van der Waals surface area contributed by atoms with Crippen LogP contribution in [0, 0.1) is 29.3 Å². The molecule has 108 valence electrons. The second-order valence-corrected chi connectivity index (χ2v) is 4.17. The van der Waals surface area contributed by atoms with Gasteiger partial charge in [-0.2, -0.15) is 0 Å². The average molecular weight is 292 g/mol. The van der Waals surface area contributed by atoms with Gasteiger partial charge < -0.3 is 9.84 Å². The molecule has 0 bridgehead atoms. The van der Waals surface area contributed by atoms with Gasteiger partial charge in [0.1, 0.15) is 24.8 Å². The minimum Gasteiger partial charge on any atom is -0.486 e. The van der Waals surface area contributed by atoms with Gasteiger partial charge in [-0.25, -0.2) is 13.2 Å². The van der Waals surface area contributed by atoms with Crippen LogP contribution in [0.2, 0.25) is 0 Å². The van der Waals surface area contributed by atoms with Crippen LogP contribution in [0.3, 0.4) is 0 Å². The number of halogens is 3. The molecule has 0 aliphatic heterocycles. The second kappa shape index (κ2) is 6.82. The first kappa shape index (κ1) is 14.9. The zero-order valence-electron chi connectivity index (χ0n) is 10.9. The molecule has 0 saturated carbocycles. The summed E-state index contributed by atoms with van der Waals surface area (Å²) in [5.74, 6) is 2.86. The van der Waals surface area contributed by atoms with Crippen molar-refractivity contribution in [3.05, 3.63) is 65.0 Å². The highest BCUT2D eigenvalue weighted by atomic mass is 19.1. The van der Waals surface area contributed by atoms with E-state index in [0.717, 1.165) is 18.2 Å². The molecule has 0 aliphatic carbocycles. The maximum absolute atomic E-state index is 13.4. The highest BCUT2D eigenvalue weighted by Gasteiger charge is 2.06. The third-order valence-electron chi connectivity index (χ3n) is 2.56. The summed E-state index contributed by atoms with van der Waals surface area (Å²) in [7, 11) is 0. The lowest BCUT2D eigenvalue weighted by Crippen LogP contribution is -1.99. The minimum atomic E-state index is -0.701. The Morgan fingerprint density at radius 2 is 1.81 bits per heavy atom. The van der Waals surface area contributed by atoms with Crippen molar-refractivity contribution in [2.45, 2.75) is 6.61 Å². The highest BCUT2D eigenvalue weighted by Crippen LogP contribution is 2.20. The monoisotopic (exact) mass is 292 g/mol. The molecule has 2 nitrogen and oxygen atoms in total. The standard InChI is InChI=1S/C16H11F3O2/c17-13-3-4-15(19)16(9-13)21-10-12-6-11(2-1-5-20)7-14(18)8-12/h3-4,6-9,20H,5,10H2. The Morgan fingerprint density at radius 1 is 1.00 bits per heavy atom. The van der Waals surface area contributed by atoms with Gasteiger partial charge in [-0.15, -0.1) is 0 Å². The number of ether oxygens (including phenoxy) is 1. The van der Waals surface area contributed by atoms with Crippen molar-refractivity contribution >= 4 is 0 Å². The Balaban J connectivity index is 2.16. The lowest BCUT2D eigenvalue weighted by Gasteiger charge is -2.08. The van der Waals surface area contributed by atoms with Gasteiger partial charge in [0.05, 0.1) is 0 Å². The van der Waals surface area contributed by atoms with E-state index in [4.69, 9.17) is 9.84 Å². The fourth-order valence-electron chi connectivity index (χ4n) is 1.70. The van der Waals surface area contributed by atoms with E-state index < -0.39 is 17.5 Å². The molecule has 0 spiro atoms. The number of rotatable bonds is 3. The SMILES string of the molecule is OCC#Cc1cc(F)cc(COc2cc(F)ccc2F)c1. The molecule has 0 heterocycles. The largest absolute Gasteiger partial charge is 0.486 e. The van der Waals surface area contributed by atoms with Crippen LogP contribution < -0.4 is 4.74 Å². The Morgan fingerprint density at radius 3 is 2.57 bits per heavy atom. The lowest BCUT2D eigenvalue weighted by molar-refractivity contribution is 0.288. The summed E-state index contributed by atoms with van der Waals surface area (Å²) >= 11 is 0. The first-order valence-corrected chi connectivity index (χ1v) is 6.05. The van der Waals surface area contributed by atoms with Gasteiger partial charge in [-0.05, 0) is 35.9 Å². The average Bonchev–Trinajstić information content (AvgIpc) is 2.45. The summed E-state index contributed by atoms with van der Waals surface area (Å²) in [5.41, 5.74) is 0.781. The van der Waals surface area contributed by atoms with Crippen molar-refractivity contribution in [3.63, 3.8) is 0 Å². The van der Waals surface area contributed by atoms with Crippen molar-refractivity contribution < 1.29 is 23.0 Å². The number of hydrogen-bond donors (Lipinski definition) is 1. The van der Waals surface area contributed by atoms with E-state index in [1.54, 1.807) is 6.07 Å². The van der Waals surface area contributed by atoms with Gasteiger partial charge in [-0.3, -0.25) is 0 Å². The molecule has 0 saturated heterocycles. The first-order chi connectivity index (χ1) is 10.1. The molecule has 2 rings (SSSR count). The number of benzene rings is 2. The fraction of sp³-hybridized carbons (Fsp3) is 0.125. The Labute approximate surface area is 119 Å². The van der Waals surface area contributed by atoms with Crippen LogP contribution in [0.4, 0.5) is 13.2 Å². The molecule has 0 radical (unpaired) electrons. The Kier molecular flexibility index (Phi) is 4.85. The normalized spacial score (nSPS) is 9.90. The van der Waals surface area contributed by atoms with E-state index in [0.29, 0.717) is 11.1 Å². The molecule has 2 aromatic carbocycles. The highest BCUT2D eigenvalue weighted by molar-refractivity contribution is 5.38. The lowest BCUT2D eigenvalue weighted by atomic mass is 10.1. The molecule has 0 atom stereocenters. The topological polar surface area (TPSA) is 29.5 Å². The van der Waals surface area contributed by atoms with Crippen molar-refractivity contribution in [3.8, 4) is 17.6 Å². The summed E-state index contributed by atoms with van der Waals surface area (Å²) in [6.07, 6.45) is 0. The van der Waals surface area contributed by atoms with Gasteiger partial charge in [0.15, 0.2) is 11.6 Å². The van der Waals surface area contributed by atoms with E-state index >= 15 is 0 Å².